The zero-order chi connectivity index (χ0) is 13.1. The predicted molar refractivity (Wildman–Crippen MR) is 65.4 cm³/mol. The van der Waals surface area contributed by atoms with Gasteiger partial charge in [-0.3, -0.25) is 9.69 Å². The summed E-state index contributed by atoms with van der Waals surface area (Å²) in [6.45, 7) is 9.65. The maximum absolute atomic E-state index is 10.9. The molecule has 0 aromatic heterocycles. The summed E-state index contributed by atoms with van der Waals surface area (Å²) in [6.07, 6.45) is 0.966. The summed E-state index contributed by atoms with van der Waals surface area (Å²) >= 11 is 0. The van der Waals surface area contributed by atoms with Gasteiger partial charge in [0.05, 0.1) is 19.3 Å². The topological polar surface area (TPSA) is 64.8 Å². The molecular formula is C12H24N2O3. The SMILES string of the molecule is CC(C)N(CCC1COC(C)(C)O1)CC(N)=O. The van der Waals surface area contributed by atoms with Gasteiger partial charge in [0.15, 0.2) is 5.79 Å². The Bertz CT molecular complexity index is 266. The van der Waals surface area contributed by atoms with Crippen LogP contribution in [0.15, 0.2) is 0 Å². The van der Waals surface area contributed by atoms with E-state index >= 15 is 0 Å². The molecule has 1 aliphatic heterocycles. The van der Waals surface area contributed by atoms with Crippen LogP contribution in [0.3, 0.4) is 0 Å². The fraction of sp³-hybridized carbons (Fsp3) is 0.917. The van der Waals surface area contributed by atoms with Crippen molar-refractivity contribution in [1.29, 1.82) is 0 Å². The maximum Gasteiger partial charge on any atom is 0.231 e. The van der Waals surface area contributed by atoms with Crippen LogP contribution in [0, 0.1) is 0 Å². The van der Waals surface area contributed by atoms with Gasteiger partial charge in [-0.15, -0.1) is 0 Å². The van der Waals surface area contributed by atoms with Gasteiger partial charge in [0.25, 0.3) is 0 Å². The molecule has 1 amide bonds. The second kappa shape index (κ2) is 5.80. The summed E-state index contributed by atoms with van der Waals surface area (Å²) in [4.78, 5) is 13.0. The highest BCUT2D eigenvalue weighted by Gasteiger charge is 2.32. The minimum atomic E-state index is -0.475. The molecule has 0 aromatic rings. The molecule has 0 spiro atoms. The van der Waals surface area contributed by atoms with Gasteiger partial charge >= 0.3 is 0 Å². The van der Waals surface area contributed by atoms with Crippen LogP contribution < -0.4 is 5.73 Å². The number of ether oxygens (including phenoxy) is 2. The normalized spacial score (nSPS) is 23.5. The van der Waals surface area contributed by atoms with Crippen molar-refractivity contribution < 1.29 is 14.3 Å². The van der Waals surface area contributed by atoms with E-state index in [-0.39, 0.29) is 12.0 Å². The predicted octanol–water partition coefficient (Wildman–Crippen LogP) is 0.724. The summed E-state index contributed by atoms with van der Waals surface area (Å²) in [5, 5.41) is 0. The van der Waals surface area contributed by atoms with Gasteiger partial charge in [0.1, 0.15) is 0 Å². The number of hydrogen-bond acceptors (Lipinski definition) is 4. The van der Waals surface area contributed by atoms with E-state index in [2.05, 4.69) is 18.7 Å². The molecule has 1 saturated heterocycles. The second-order valence-electron chi connectivity index (χ2n) is 5.27. The van der Waals surface area contributed by atoms with E-state index in [1.165, 1.54) is 0 Å². The van der Waals surface area contributed by atoms with Crippen molar-refractivity contribution in [2.24, 2.45) is 5.73 Å². The van der Waals surface area contributed by atoms with E-state index in [4.69, 9.17) is 15.2 Å². The Hall–Kier alpha value is -0.650. The van der Waals surface area contributed by atoms with Crippen LogP contribution in [0.2, 0.25) is 0 Å². The highest BCUT2D eigenvalue weighted by Crippen LogP contribution is 2.24. The third-order valence-corrected chi connectivity index (χ3v) is 2.89. The Balaban J connectivity index is 2.35. The molecule has 0 bridgehead atoms. The van der Waals surface area contributed by atoms with Gasteiger partial charge in [-0.05, 0) is 34.1 Å². The van der Waals surface area contributed by atoms with Crippen LogP contribution in [-0.2, 0) is 14.3 Å². The molecule has 0 radical (unpaired) electrons. The molecule has 5 heteroatoms. The number of amides is 1. The Kier molecular flexibility index (Phi) is 4.91. The average molecular weight is 244 g/mol. The highest BCUT2D eigenvalue weighted by molar-refractivity contribution is 5.75. The molecule has 2 N–H and O–H groups in total. The van der Waals surface area contributed by atoms with Crippen LogP contribution in [0.25, 0.3) is 0 Å². The lowest BCUT2D eigenvalue weighted by Gasteiger charge is -2.26. The smallest absolute Gasteiger partial charge is 0.231 e. The first-order chi connectivity index (χ1) is 7.80. The Morgan fingerprint density at radius 3 is 2.59 bits per heavy atom. The van der Waals surface area contributed by atoms with E-state index in [1.54, 1.807) is 0 Å². The number of nitrogens with zero attached hydrogens (tertiary/aromatic N) is 1. The summed E-state index contributed by atoms with van der Waals surface area (Å²) in [7, 11) is 0. The number of carbonyl (C=O) groups excluding carboxylic acids is 1. The van der Waals surface area contributed by atoms with E-state index in [1.807, 2.05) is 13.8 Å². The van der Waals surface area contributed by atoms with Crippen molar-refractivity contribution in [3.05, 3.63) is 0 Å². The molecule has 100 valence electrons. The largest absolute Gasteiger partial charge is 0.369 e. The zero-order valence-corrected chi connectivity index (χ0v) is 11.2. The number of primary amides is 1. The average Bonchev–Trinajstić information content (AvgIpc) is 2.52. The first kappa shape index (κ1) is 14.4. The molecule has 1 atom stereocenters. The van der Waals surface area contributed by atoms with Gasteiger partial charge in [-0.2, -0.15) is 0 Å². The van der Waals surface area contributed by atoms with Crippen molar-refractivity contribution in [2.45, 2.75) is 52.0 Å². The highest BCUT2D eigenvalue weighted by atomic mass is 16.7. The first-order valence-corrected chi connectivity index (χ1v) is 6.14. The summed E-state index contributed by atoms with van der Waals surface area (Å²) in [5.74, 6) is -0.764. The summed E-state index contributed by atoms with van der Waals surface area (Å²) in [6, 6.07) is 0.304. The maximum atomic E-state index is 10.9. The molecule has 0 aliphatic carbocycles. The zero-order valence-electron chi connectivity index (χ0n) is 11.2. The van der Waals surface area contributed by atoms with Gasteiger partial charge in [-0.1, -0.05) is 0 Å². The third-order valence-electron chi connectivity index (χ3n) is 2.89. The third kappa shape index (κ3) is 5.02. The van der Waals surface area contributed by atoms with Gasteiger partial charge in [-0.25, -0.2) is 0 Å². The van der Waals surface area contributed by atoms with Crippen LogP contribution in [0.4, 0.5) is 0 Å². The molecular weight excluding hydrogens is 220 g/mol. The van der Waals surface area contributed by atoms with Gasteiger partial charge < -0.3 is 15.2 Å². The number of rotatable bonds is 6. The quantitative estimate of drug-likeness (QED) is 0.748. The molecule has 1 rings (SSSR count). The van der Waals surface area contributed by atoms with Crippen LogP contribution in [0.5, 0.6) is 0 Å². The van der Waals surface area contributed by atoms with Crippen molar-refractivity contribution in [1.82, 2.24) is 4.90 Å². The number of hydrogen-bond donors (Lipinski definition) is 1. The van der Waals surface area contributed by atoms with Crippen LogP contribution in [-0.4, -0.2) is 48.4 Å². The lowest BCUT2D eigenvalue weighted by Crippen LogP contribution is -2.40. The molecule has 1 fully saturated rings. The minimum Gasteiger partial charge on any atom is -0.369 e. The number of nitrogens with two attached hydrogens (primary N) is 1. The van der Waals surface area contributed by atoms with E-state index in [0.717, 1.165) is 13.0 Å². The Morgan fingerprint density at radius 2 is 2.18 bits per heavy atom. The fourth-order valence-electron chi connectivity index (χ4n) is 1.94. The standard InChI is InChI=1S/C12H24N2O3/c1-9(2)14(7-11(13)15)6-5-10-8-16-12(3,4)17-10/h9-10H,5-8H2,1-4H3,(H2,13,15). The molecule has 0 saturated carbocycles. The lowest BCUT2D eigenvalue weighted by atomic mass is 10.2. The van der Waals surface area contributed by atoms with Crippen molar-refractivity contribution in [3.8, 4) is 0 Å². The Morgan fingerprint density at radius 1 is 1.53 bits per heavy atom. The minimum absolute atomic E-state index is 0.110. The van der Waals surface area contributed by atoms with Gasteiger partial charge in [0, 0.05) is 12.6 Å². The fourth-order valence-corrected chi connectivity index (χ4v) is 1.94. The molecule has 5 nitrogen and oxygen atoms in total. The monoisotopic (exact) mass is 244 g/mol. The molecule has 1 aliphatic rings. The van der Waals surface area contributed by atoms with Crippen molar-refractivity contribution >= 4 is 5.91 Å². The van der Waals surface area contributed by atoms with E-state index < -0.39 is 5.79 Å². The summed E-state index contributed by atoms with van der Waals surface area (Å²) < 4.78 is 11.2. The molecule has 17 heavy (non-hydrogen) atoms. The van der Waals surface area contributed by atoms with Crippen LogP contribution >= 0.6 is 0 Å². The first-order valence-electron chi connectivity index (χ1n) is 6.14. The van der Waals surface area contributed by atoms with Crippen molar-refractivity contribution in [2.75, 3.05) is 19.7 Å². The van der Waals surface area contributed by atoms with Gasteiger partial charge in [0.2, 0.25) is 5.91 Å². The van der Waals surface area contributed by atoms with E-state index in [0.29, 0.717) is 19.2 Å². The van der Waals surface area contributed by atoms with E-state index in [9.17, 15) is 4.79 Å². The number of carbonyl (C=O) groups is 1. The Labute approximate surface area is 103 Å². The molecule has 1 unspecified atom stereocenters. The molecule has 0 aromatic carbocycles. The van der Waals surface area contributed by atoms with Crippen molar-refractivity contribution in [3.63, 3.8) is 0 Å². The molecule has 1 heterocycles. The second-order valence-corrected chi connectivity index (χ2v) is 5.27. The van der Waals surface area contributed by atoms with Crippen LogP contribution in [0.1, 0.15) is 34.1 Å². The summed E-state index contributed by atoms with van der Waals surface area (Å²) in [5.41, 5.74) is 5.22. The lowest BCUT2D eigenvalue weighted by molar-refractivity contribution is -0.139.